The van der Waals surface area contributed by atoms with E-state index in [1.54, 1.807) is 18.2 Å². The largest absolute Gasteiger partial charge is 0.481 e. The summed E-state index contributed by atoms with van der Waals surface area (Å²) in [6.07, 6.45) is 5.35. The number of aliphatic carboxylic acids is 1. The summed E-state index contributed by atoms with van der Waals surface area (Å²) < 4.78 is 24.6. The Hall–Kier alpha value is -2.35. The van der Waals surface area contributed by atoms with Gasteiger partial charge in [0.1, 0.15) is 0 Å². The number of carboxylic acids is 1. The van der Waals surface area contributed by atoms with Crippen molar-refractivity contribution in [3.8, 4) is 0 Å². The molecular formula is C15H18N2O5S. The van der Waals surface area contributed by atoms with Crippen molar-refractivity contribution in [3.63, 3.8) is 0 Å². The summed E-state index contributed by atoms with van der Waals surface area (Å²) in [4.78, 5) is 23.5. The molecule has 1 aliphatic rings. The molecule has 23 heavy (non-hydrogen) atoms. The Morgan fingerprint density at radius 2 is 1.57 bits per heavy atom. The molecule has 0 saturated carbocycles. The zero-order valence-electron chi connectivity index (χ0n) is 12.5. The number of anilines is 2. The van der Waals surface area contributed by atoms with E-state index in [1.807, 2.05) is 6.08 Å². The van der Waals surface area contributed by atoms with E-state index < -0.39 is 27.8 Å². The highest BCUT2D eigenvalue weighted by Gasteiger charge is 2.33. The molecular weight excluding hydrogens is 320 g/mol. The summed E-state index contributed by atoms with van der Waals surface area (Å²) in [7, 11) is -3.36. The first kappa shape index (κ1) is 17.0. The summed E-state index contributed by atoms with van der Waals surface area (Å²) >= 11 is 0. The van der Waals surface area contributed by atoms with Crippen molar-refractivity contribution in [2.75, 3.05) is 16.3 Å². The van der Waals surface area contributed by atoms with E-state index in [9.17, 15) is 23.1 Å². The summed E-state index contributed by atoms with van der Waals surface area (Å²) in [6, 6.07) is 6.15. The molecule has 0 aromatic heterocycles. The van der Waals surface area contributed by atoms with Gasteiger partial charge in [0.2, 0.25) is 15.9 Å². The molecule has 124 valence electrons. The van der Waals surface area contributed by atoms with Gasteiger partial charge in [0, 0.05) is 11.4 Å². The van der Waals surface area contributed by atoms with Crippen LogP contribution in [0.15, 0.2) is 36.4 Å². The number of sulfonamides is 1. The van der Waals surface area contributed by atoms with Crippen molar-refractivity contribution < 1.29 is 23.1 Å². The molecule has 0 heterocycles. The third-order valence-corrected chi connectivity index (χ3v) is 4.15. The summed E-state index contributed by atoms with van der Waals surface area (Å²) in [5.41, 5.74) is 0.863. The Labute approximate surface area is 134 Å². The average molecular weight is 338 g/mol. The lowest BCUT2D eigenvalue weighted by atomic mass is 9.82. The summed E-state index contributed by atoms with van der Waals surface area (Å²) in [5, 5.41) is 11.9. The predicted molar refractivity (Wildman–Crippen MR) is 86.5 cm³/mol. The van der Waals surface area contributed by atoms with E-state index in [0.717, 1.165) is 6.26 Å². The van der Waals surface area contributed by atoms with Gasteiger partial charge in [-0.2, -0.15) is 0 Å². The Morgan fingerprint density at radius 1 is 1.04 bits per heavy atom. The maximum absolute atomic E-state index is 12.3. The van der Waals surface area contributed by atoms with Crippen molar-refractivity contribution in [1.82, 2.24) is 0 Å². The van der Waals surface area contributed by atoms with Gasteiger partial charge in [-0.15, -0.1) is 0 Å². The normalized spacial score (nSPS) is 20.7. The quantitative estimate of drug-likeness (QED) is 0.707. The van der Waals surface area contributed by atoms with E-state index in [1.165, 1.54) is 12.1 Å². The molecule has 2 atom stereocenters. The summed E-state index contributed by atoms with van der Waals surface area (Å²) in [5.74, 6) is -2.69. The molecule has 0 bridgehead atoms. The number of rotatable bonds is 5. The molecule has 0 spiro atoms. The van der Waals surface area contributed by atoms with Crippen LogP contribution in [0, 0.1) is 11.8 Å². The number of nitrogens with one attached hydrogen (secondary N) is 2. The van der Waals surface area contributed by atoms with Crippen LogP contribution in [0.1, 0.15) is 12.8 Å². The molecule has 1 aromatic carbocycles. The van der Waals surface area contributed by atoms with Gasteiger partial charge in [-0.3, -0.25) is 14.3 Å². The molecule has 0 aliphatic heterocycles. The highest BCUT2D eigenvalue weighted by atomic mass is 32.2. The van der Waals surface area contributed by atoms with Gasteiger partial charge in [-0.25, -0.2) is 8.42 Å². The Kier molecular flexibility index (Phi) is 5.05. The Morgan fingerprint density at radius 3 is 2.09 bits per heavy atom. The van der Waals surface area contributed by atoms with E-state index in [2.05, 4.69) is 10.0 Å². The van der Waals surface area contributed by atoms with Crippen molar-refractivity contribution in [2.24, 2.45) is 11.8 Å². The molecule has 8 heteroatoms. The van der Waals surface area contributed by atoms with Crippen molar-refractivity contribution in [1.29, 1.82) is 0 Å². The molecule has 0 radical (unpaired) electrons. The van der Waals surface area contributed by atoms with Crippen LogP contribution in [0.5, 0.6) is 0 Å². The molecule has 1 aliphatic carbocycles. The number of carbonyl (C=O) groups excluding carboxylic acids is 1. The fraction of sp³-hybridized carbons (Fsp3) is 0.333. The fourth-order valence-electron chi connectivity index (χ4n) is 2.45. The van der Waals surface area contributed by atoms with Crippen LogP contribution < -0.4 is 10.0 Å². The van der Waals surface area contributed by atoms with Crippen LogP contribution in [0.2, 0.25) is 0 Å². The zero-order chi connectivity index (χ0) is 17.0. The lowest BCUT2D eigenvalue weighted by Gasteiger charge is -2.24. The van der Waals surface area contributed by atoms with Crippen LogP contribution in [0.25, 0.3) is 0 Å². The first-order valence-electron chi connectivity index (χ1n) is 7.03. The predicted octanol–water partition coefficient (Wildman–Crippen LogP) is 1.66. The maximum Gasteiger partial charge on any atom is 0.307 e. The minimum absolute atomic E-state index is 0.338. The number of amides is 1. The maximum atomic E-state index is 12.3. The first-order valence-corrected chi connectivity index (χ1v) is 8.92. The first-order chi connectivity index (χ1) is 10.8. The molecule has 0 saturated heterocycles. The Balaban J connectivity index is 2.05. The second-order valence-electron chi connectivity index (χ2n) is 5.43. The standard InChI is InChI=1S/C15H18N2O5S/c1-23(21,22)17-11-8-6-10(7-9-11)16-14(18)12-4-2-3-5-13(12)15(19)20/h2-3,6-9,12-13,17H,4-5H2,1H3,(H,16,18)(H,19,20)/t12-,13-/m0/s1. The SMILES string of the molecule is CS(=O)(=O)Nc1ccc(NC(=O)[C@H]2CC=CC[C@@H]2C(=O)O)cc1. The molecule has 0 fully saturated rings. The van der Waals surface area contributed by atoms with E-state index >= 15 is 0 Å². The van der Waals surface area contributed by atoms with Crippen molar-refractivity contribution in [3.05, 3.63) is 36.4 Å². The number of carbonyl (C=O) groups is 2. The lowest BCUT2D eigenvalue weighted by Crippen LogP contribution is -2.34. The van der Waals surface area contributed by atoms with Crippen LogP contribution in [0.4, 0.5) is 11.4 Å². The zero-order valence-corrected chi connectivity index (χ0v) is 13.3. The van der Waals surface area contributed by atoms with Gasteiger partial charge < -0.3 is 10.4 Å². The van der Waals surface area contributed by atoms with Crippen LogP contribution in [0.3, 0.4) is 0 Å². The van der Waals surface area contributed by atoms with Crippen LogP contribution in [-0.2, 0) is 19.6 Å². The van der Waals surface area contributed by atoms with Gasteiger partial charge in [0.15, 0.2) is 0 Å². The highest BCUT2D eigenvalue weighted by molar-refractivity contribution is 7.92. The average Bonchev–Trinajstić information content (AvgIpc) is 2.47. The van der Waals surface area contributed by atoms with Crippen LogP contribution >= 0.6 is 0 Å². The Bertz CT molecular complexity index is 725. The molecule has 0 unspecified atom stereocenters. The van der Waals surface area contributed by atoms with Gasteiger partial charge in [0.05, 0.1) is 18.1 Å². The van der Waals surface area contributed by atoms with Crippen molar-refractivity contribution in [2.45, 2.75) is 12.8 Å². The fourth-order valence-corrected chi connectivity index (χ4v) is 3.01. The number of benzene rings is 1. The van der Waals surface area contributed by atoms with Gasteiger partial charge in [0.25, 0.3) is 0 Å². The van der Waals surface area contributed by atoms with Gasteiger partial charge in [-0.1, -0.05) is 12.2 Å². The molecule has 2 rings (SSSR count). The van der Waals surface area contributed by atoms with Crippen LogP contribution in [-0.4, -0.2) is 31.7 Å². The minimum Gasteiger partial charge on any atom is -0.481 e. The number of hydrogen-bond donors (Lipinski definition) is 3. The molecule has 1 amide bonds. The van der Waals surface area contributed by atoms with Gasteiger partial charge in [-0.05, 0) is 37.1 Å². The van der Waals surface area contributed by atoms with Crippen molar-refractivity contribution >= 4 is 33.3 Å². The summed E-state index contributed by atoms with van der Waals surface area (Å²) in [6.45, 7) is 0. The smallest absolute Gasteiger partial charge is 0.307 e. The number of allylic oxidation sites excluding steroid dienone is 2. The van der Waals surface area contributed by atoms with E-state index in [-0.39, 0.29) is 5.91 Å². The van der Waals surface area contributed by atoms with E-state index in [4.69, 9.17) is 0 Å². The number of hydrogen-bond acceptors (Lipinski definition) is 4. The molecule has 7 nitrogen and oxygen atoms in total. The minimum atomic E-state index is -3.36. The second kappa shape index (κ2) is 6.82. The third-order valence-electron chi connectivity index (χ3n) is 3.54. The third kappa shape index (κ3) is 4.82. The lowest BCUT2D eigenvalue weighted by molar-refractivity contribution is -0.146. The monoisotopic (exact) mass is 338 g/mol. The number of carboxylic acid groups (broad SMARTS) is 1. The highest BCUT2D eigenvalue weighted by Crippen LogP contribution is 2.27. The molecule has 3 N–H and O–H groups in total. The second-order valence-corrected chi connectivity index (χ2v) is 7.18. The van der Waals surface area contributed by atoms with Gasteiger partial charge >= 0.3 is 5.97 Å². The topological polar surface area (TPSA) is 113 Å². The molecule has 1 aromatic rings. The van der Waals surface area contributed by atoms with E-state index in [0.29, 0.717) is 24.2 Å².